The van der Waals surface area contributed by atoms with Gasteiger partial charge in [-0.1, -0.05) is 0 Å². The zero-order valence-electron chi connectivity index (χ0n) is 20.1. The number of hydrogen-bond acceptors (Lipinski definition) is 6. The highest BCUT2D eigenvalue weighted by molar-refractivity contribution is 5.97. The number of aromatic nitrogens is 3. The van der Waals surface area contributed by atoms with Crippen molar-refractivity contribution < 1.29 is 19.1 Å². The van der Waals surface area contributed by atoms with Crippen LogP contribution in [0, 0.1) is 11.8 Å². The number of hydrogen-bond donors (Lipinski definition) is 1. The van der Waals surface area contributed by atoms with Gasteiger partial charge in [0.25, 0.3) is 11.8 Å². The van der Waals surface area contributed by atoms with Crippen molar-refractivity contribution in [2.24, 2.45) is 11.8 Å². The van der Waals surface area contributed by atoms with Crippen LogP contribution in [0.15, 0.2) is 36.4 Å². The van der Waals surface area contributed by atoms with Crippen molar-refractivity contribution >= 4 is 22.8 Å². The molecule has 1 aliphatic carbocycles. The fourth-order valence-corrected chi connectivity index (χ4v) is 5.95. The van der Waals surface area contributed by atoms with Crippen LogP contribution >= 0.6 is 0 Å². The summed E-state index contributed by atoms with van der Waals surface area (Å²) in [6.07, 6.45) is 3.31. The quantitative estimate of drug-likeness (QED) is 0.594. The molecule has 3 atom stereocenters. The first-order chi connectivity index (χ1) is 17.6. The lowest BCUT2D eigenvalue weighted by Crippen LogP contribution is -2.35. The molecule has 2 amide bonds. The van der Waals surface area contributed by atoms with Gasteiger partial charge in [0.2, 0.25) is 0 Å². The first-order valence-corrected chi connectivity index (χ1v) is 12.9. The zero-order chi connectivity index (χ0) is 24.2. The third-order valence-electron chi connectivity index (χ3n) is 8.08. The number of benzene rings is 2. The topological polar surface area (TPSA) is 101 Å². The van der Waals surface area contributed by atoms with E-state index in [1.165, 1.54) is 0 Å². The Bertz CT molecular complexity index is 1310. The fourth-order valence-electron chi connectivity index (χ4n) is 5.95. The number of fused-ring (bicyclic) bond motifs is 2. The molecular weight excluding hydrogens is 458 g/mol. The molecule has 9 nitrogen and oxygen atoms in total. The number of carbonyl (C=O) groups is 2. The first-order valence-electron chi connectivity index (χ1n) is 12.9. The molecule has 3 saturated heterocycles. The van der Waals surface area contributed by atoms with E-state index in [0.29, 0.717) is 61.6 Å². The number of amides is 2. The molecule has 9 heteroatoms. The van der Waals surface area contributed by atoms with Gasteiger partial charge >= 0.3 is 0 Å². The molecule has 1 N–H and O–H groups in total. The minimum atomic E-state index is 0.0181. The SMILES string of the molecule is O=C(c1ccc(OC2CCOC2)c(C2CC2)c1)N1CC2CN(C(=O)c3ccc4n[nH]nc4c3)C[C@H]2C1. The van der Waals surface area contributed by atoms with Crippen LogP contribution in [-0.4, -0.2) is 82.5 Å². The summed E-state index contributed by atoms with van der Waals surface area (Å²) in [5, 5.41) is 10.7. The number of ether oxygens (including phenoxy) is 2. The van der Waals surface area contributed by atoms with Crippen molar-refractivity contribution in [3.8, 4) is 5.75 Å². The van der Waals surface area contributed by atoms with Crippen molar-refractivity contribution in [1.82, 2.24) is 25.2 Å². The molecule has 4 aliphatic rings. The van der Waals surface area contributed by atoms with Gasteiger partial charge in [-0.25, -0.2) is 0 Å². The molecule has 0 radical (unpaired) electrons. The monoisotopic (exact) mass is 487 g/mol. The molecule has 3 aromatic rings. The van der Waals surface area contributed by atoms with Crippen LogP contribution in [0.1, 0.15) is 51.5 Å². The maximum Gasteiger partial charge on any atom is 0.253 e. The number of carbonyl (C=O) groups excluding carboxylic acids is 2. The van der Waals surface area contributed by atoms with Crippen LogP contribution in [0.4, 0.5) is 0 Å². The van der Waals surface area contributed by atoms with Gasteiger partial charge in [0.1, 0.15) is 22.9 Å². The Morgan fingerprint density at radius 1 is 0.861 bits per heavy atom. The Morgan fingerprint density at radius 2 is 1.53 bits per heavy atom. The second-order valence-electron chi connectivity index (χ2n) is 10.6. The molecule has 36 heavy (non-hydrogen) atoms. The summed E-state index contributed by atoms with van der Waals surface area (Å²) in [7, 11) is 0. The molecule has 0 spiro atoms. The third-order valence-corrected chi connectivity index (χ3v) is 8.08. The van der Waals surface area contributed by atoms with E-state index in [-0.39, 0.29) is 17.9 Å². The Hall–Kier alpha value is -3.46. The highest BCUT2D eigenvalue weighted by Crippen LogP contribution is 2.45. The Labute approximate surface area is 208 Å². The van der Waals surface area contributed by atoms with E-state index in [1.54, 1.807) is 6.07 Å². The normalized spacial score (nSPS) is 25.5. The molecule has 0 bridgehead atoms. The lowest BCUT2D eigenvalue weighted by Gasteiger charge is -2.23. The number of rotatable bonds is 5. The molecule has 2 aromatic carbocycles. The molecule has 186 valence electrons. The molecule has 4 heterocycles. The summed E-state index contributed by atoms with van der Waals surface area (Å²) in [6, 6.07) is 11.3. The van der Waals surface area contributed by atoms with Crippen molar-refractivity contribution in [2.45, 2.75) is 31.3 Å². The fraction of sp³-hybridized carbons (Fsp3) is 0.481. The Balaban J connectivity index is 1.02. The molecular formula is C27H29N5O4. The summed E-state index contributed by atoms with van der Waals surface area (Å²) >= 11 is 0. The van der Waals surface area contributed by atoms with Crippen LogP contribution in [0.3, 0.4) is 0 Å². The van der Waals surface area contributed by atoms with E-state index in [9.17, 15) is 9.59 Å². The minimum absolute atomic E-state index is 0.0181. The summed E-state index contributed by atoms with van der Waals surface area (Å²) in [6.45, 7) is 4.10. The average Bonchev–Trinajstić information content (AvgIpc) is 3.27. The van der Waals surface area contributed by atoms with E-state index < -0.39 is 0 Å². The van der Waals surface area contributed by atoms with Crippen LogP contribution in [0.25, 0.3) is 11.0 Å². The van der Waals surface area contributed by atoms with Crippen molar-refractivity contribution in [2.75, 3.05) is 39.4 Å². The summed E-state index contributed by atoms with van der Waals surface area (Å²) in [4.78, 5) is 30.4. The highest BCUT2D eigenvalue weighted by atomic mass is 16.5. The number of nitrogens with one attached hydrogen (secondary N) is 1. The Kier molecular flexibility index (Phi) is 5.20. The van der Waals surface area contributed by atoms with Gasteiger partial charge in [-0.15, -0.1) is 0 Å². The largest absolute Gasteiger partial charge is 0.488 e. The van der Waals surface area contributed by atoms with Gasteiger partial charge < -0.3 is 19.3 Å². The van der Waals surface area contributed by atoms with Gasteiger partial charge in [0.05, 0.1) is 13.2 Å². The van der Waals surface area contributed by atoms with E-state index in [1.807, 2.05) is 34.1 Å². The van der Waals surface area contributed by atoms with Crippen LogP contribution < -0.4 is 4.74 Å². The number of nitrogens with zero attached hydrogens (tertiary/aromatic N) is 4. The van der Waals surface area contributed by atoms with Gasteiger partial charge in [0.15, 0.2) is 0 Å². The van der Waals surface area contributed by atoms with Gasteiger partial charge in [0, 0.05) is 55.6 Å². The molecule has 2 unspecified atom stereocenters. The predicted molar refractivity (Wildman–Crippen MR) is 131 cm³/mol. The summed E-state index contributed by atoms with van der Waals surface area (Å²) in [5.41, 5.74) is 3.96. The Morgan fingerprint density at radius 3 is 2.19 bits per heavy atom. The molecule has 1 aromatic heterocycles. The molecule has 3 aliphatic heterocycles. The van der Waals surface area contributed by atoms with Crippen molar-refractivity contribution in [1.29, 1.82) is 0 Å². The van der Waals surface area contributed by atoms with Gasteiger partial charge in [-0.2, -0.15) is 15.4 Å². The standard InChI is InChI=1S/C27H29N5O4/c33-26(17-4-6-25(22(9-17)16-1-2-16)36-21-7-8-35-15-21)31-11-19-13-32(14-20(19)12-31)27(34)18-3-5-23-24(10-18)29-30-28-23/h3-6,9-10,16,19-21H,1-2,7-8,11-15H2,(H,28,29,30)/t19-,20?,21?/m1/s1. The second kappa shape index (κ2) is 8.58. The predicted octanol–water partition coefficient (Wildman–Crippen LogP) is 2.85. The third kappa shape index (κ3) is 3.91. The molecule has 1 saturated carbocycles. The lowest BCUT2D eigenvalue weighted by molar-refractivity contribution is 0.0738. The number of aromatic amines is 1. The second-order valence-corrected chi connectivity index (χ2v) is 10.6. The number of H-pyrrole nitrogens is 1. The maximum absolute atomic E-state index is 13.4. The summed E-state index contributed by atoms with van der Waals surface area (Å²) < 4.78 is 11.7. The van der Waals surface area contributed by atoms with Gasteiger partial charge in [-0.05, 0) is 60.7 Å². The van der Waals surface area contributed by atoms with E-state index >= 15 is 0 Å². The molecule has 7 rings (SSSR count). The van der Waals surface area contributed by atoms with Crippen molar-refractivity contribution in [3.05, 3.63) is 53.1 Å². The van der Waals surface area contributed by atoms with Gasteiger partial charge in [-0.3, -0.25) is 9.59 Å². The first kappa shape index (κ1) is 21.8. The minimum Gasteiger partial charge on any atom is -0.488 e. The zero-order valence-corrected chi connectivity index (χ0v) is 20.1. The van der Waals surface area contributed by atoms with E-state index in [2.05, 4.69) is 21.5 Å². The molecule has 4 fully saturated rings. The average molecular weight is 488 g/mol. The van der Waals surface area contributed by atoms with Crippen molar-refractivity contribution in [3.63, 3.8) is 0 Å². The van der Waals surface area contributed by atoms with Crippen LogP contribution in [0.5, 0.6) is 5.75 Å². The van der Waals surface area contributed by atoms with Crippen LogP contribution in [0.2, 0.25) is 0 Å². The summed E-state index contributed by atoms with van der Waals surface area (Å²) in [5.74, 6) is 2.11. The van der Waals surface area contributed by atoms with E-state index in [0.717, 1.165) is 48.3 Å². The van der Waals surface area contributed by atoms with Crippen LogP contribution in [-0.2, 0) is 4.74 Å². The van der Waals surface area contributed by atoms with E-state index in [4.69, 9.17) is 9.47 Å². The lowest BCUT2D eigenvalue weighted by atomic mass is 10.0. The smallest absolute Gasteiger partial charge is 0.253 e. The maximum atomic E-state index is 13.4. The highest BCUT2D eigenvalue weighted by Gasteiger charge is 2.43. The number of likely N-dealkylation sites (tertiary alicyclic amines) is 2.